The van der Waals surface area contributed by atoms with Crippen LogP contribution < -0.4 is 5.32 Å². The zero-order valence-corrected chi connectivity index (χ0v) is 11.3. The van der Waals surface area contributed by atoms with E-state index in [0.717, 1.165) is 5.75 Å². The lowest BCUT2D eigenvalue weighted by Crippen LogP contribution is -2.34. The number of aromatic nitrogens is 1. The molecular formula is C10H12Cl2N2OS. The molecule has 16 heavy (non-hydrogen) atoms. The fourth-order valence-electron chi connectivity index (χ4n) is 1.14. The molecule has 0 aliphatic rings. The van der Waals surface area contributed by atoms with Gasteiger partial charge < -0.3 is 5.32 Å². The van der Waals surface area contributed by atoms with Crippen molar-refractivity contribution in [1.82, 2.24) is 10.3 Å². The van der Waals surface area contributed by atoms with Crippen molar-refractivity contribution in [2.45, 2.75) is 13.0 Å². The van der Waals surface area contributed by atoms with Gasteiger partial charge >= 0.3 is 0 Å². The number of amides is 1. The van der Waals surface area contributed by atoms with Crippen molar-refractivity contribution >= 4 is 40.9 Å². The Balaban J connectivity index is 2.69. The van der Waals surface area contributed by atoms with Gasteiger partial charge in [-0.05, 0) is 19.2 Å². The number of thioether (sulfide) groups is 1. The fourth-order valence-corrected chi connectivity index (χ4v) is 2.00. The third kappa shape index (κ3) is 3.85. The maximum Gasteiger partial charge on any atom is 0.253 e. The van der Waals surface area contributed by atoms with E-state index in [1.165, 1.54) is 12.3 Å². The van der Waals surface area contributed by atoms with E-state index >= 15 is 0 Å². The highest BCUT2D eigenvalue weighted by atomic mass is 35.5. The summed E-state index contributed by atoms with van der Waals surface area (Å²) in [5, 5.41) is 3.33. The Kier molecular flexibility index (Phi) is 5.38. The van der Waals surface area contributed by atoms with Gasteiger partial charge in [0.1, 0.15) is 5.15 Å². The van der Waals surface area contributed by atoms with E-state index in [1.54, 1.807) is 11.8 Å². The highest BCUT2D eigenvalue weighted by Gasteiger charge is 2.11. The van der Waals surface area contributed by atoms with Gasteiger partial charge in [0, 0.05) is 18.0 Å². The number of pyridine rings is 1. The molecule has 0 radical (unpaired) electrons. The predicted octanol–water partition coefficient (Wildman–Crippen LogP) is 2.87. The average Bonchev–Trinajstić information content (AvgIpc) is 2.22. The molecule has 3 nitrogen and oxygen atoms in total. The standard InChI is InChI=1S/C10H12Cl2N2OS/c1-6(5-16-2)14-10(15)7-3-8(11)9(12)13-4-7/h3-4,6H,5H2,1-2H3,(H,14,15). The monoisotopic (exact) mass is 278 g/mol. The highest BCUT2D eigenvalue weighted by Crippen LogP contribution is 2.19. The minimum Gasteiger partial charge on any atom is -0.349 e. The van der Waals surface area contributed by atoms with Crippen LogP contribution in [0.2, 0.25) is 10.2 Å². The largest absolute Gasteiger partial charge is 0.349 e. The first-order valence-corrected chi connectivity index (χ1v) is 6.80. The van der Waals surface area contributed by atoms with Gasteiger partial charge in [-0.3, -0.25) is 4.79 Å². The molecular weight excluding hydrogens is 267 g/mol. The van der Waals surface area contributed by atoms with Crippen LogP contribution in [-0.2, 0) is 0 Å². The van der Waals surface area contributed by atoms with Crippen molar-refractivity contribution in [2.24, 2.45) is 0 Å². The van der Waals surface area contributed by atoms with E-state index < -0.39 is 0 Å². The quantitative estimate of drug-likeness (QED) is 0.862. The van der Waals surface area contributed by atoms with Crippen molar-refractivity contribution in [3.8, 4) is 0 Å². The summed E-state index contributed by atoms with van der Waals surface area (Å²) < 4.78 is 0. The second kappa shape index (κ2) is 6.33. The van der Waals surface area contributed by atoms with Crippen molar-refractivity contribution in [3.63, 3.8) is 0 Å². The molecule has 0 aliphatic heterocycles. The Labute approximate surface area is 109 Å². The van der Waals surface area contributed by atoms with Crippen LogP contribution in [0.5, 0.6) is 0 Å². The highest BCUT2D eigenvalue weighted by molar-refractivity contribution is 7.98. The first-order chi connectivity index (χ1) is 7.54. The molecule has 1 N–H and O–H groups in total. The van der Waals surface area contributed by atoms with Crippen LogP contribution in [0.15, 0.2) is 12.3 Å². The Morgan fingerprint density at radius 3 is 2.88 bits per heavy atom. The lowest BCUT2D eigenvalue weighted by Gasteiger charge is -2.12. The van der Waals surface area contributed by atoms with Crippen LogP contribution in [0.3, 0.4) is 0 Å². The van der Waals surface area contributed by atoms with Gasteiger partial charge in [0.05, 0.1) is 10.6 Å². The minimum atomic E-state index is -0.187. The molecule has 1 heterocycles. The summed E-state index contributed by atoms with van der Waals surface area (Å²) in [4.78, 5) is 15.6. The van der Waals surface area contributed by atoms with Crippen LogP contribution in [0.4, 0.5) is 0 Å². The first kappa shape index (κ1) is 13.6. The average molecular weight is 279 g/mol. The Morgan fingerprint density at radius 1 is 1.62 bits per heavy atom. The summed E-state index contributed by atoms with van der Waals surface area (Å²) in [6, 6.07) is 1.62. The summed E-state index contributed by atoms with van der Waals surface area (Å²) in [5.74, 6) is 0.674. The van der Waals surface area contributed by atoms with Gasteiger partial charge in [0.2, 0.25) is 0 Å². The molecule has 1 rings (SSSR count). The number of carbonyl (C=O) groups is 1. The third-order valence-corrected chi connectivity index (χ3v) is 3.37. The van der Waals surface area contributed by atoms with E-state index in [-0.39, 0.29) is 22.1 Å². The topological polar surface area (TPSA) is 42.0 Å². The van der Waals surface area contributed by atoms with Crippen LogP contribution in [0.25, 0.3) is 0 Å². The van der Waals surface area contributed by atoms with Crippen molar-refractivity contribution in [2.75, 3.05) is 12.0 Å². The number of nitrogens with one attached hydrogen (secondary N) is 1. The van der Waals surface area contributed by atoms with Gasteiger partial charge in [-0.1, -0.05) is 23.2 Å². The number of nitrogens with zero attached hydrogens (tertiary/aromatic N) is 1. The maximum absolute atomic E-state index is 11.7. The lowest BCUT2D eigenvalue weighted by molar-refractivity contribution is 0.0943. The summed E-state index contributed by atoms with van der Waals surface area (Å²) in [6.07, 6.45) is 3.40. The molecule has 0 saturated carbocycles. The summed E-state index contributed by atoms with van der Waals surface area (Å²) in [6.45, 7) is 1.94. The van der Waals surface area contributed by atoms with Crippen LogP contribution in [-0.4, -0.2) is 28.9 Å². The molecule has 1 unspecified atom stereocenters. The number of carbonyl (C=O) groups excluding carboxylic acids is 1. The van der Waals surface area contributed by atoms with Crippen molar-refractivity contribution < 1.29 is 4.79 Å². The minimum absolute atomic E-state index is 0.108. The third-order valence-electron chi connectivity index (χ3n) is 1.85. The number of hydrogen-bond acceptors (Lipinski definition) is 3. The van der Waals surface area contributed by atoms with Crippen molar-refractivity contribution in [1.29, 1.82) is 0 Å². The molecule has 0 aliphatic carbocycles. The molecule has 6 heteroatoms. The zero-order valence-electron chi connectivity index (χ0n) is 8.96. The Morgan fingerprint density at radius 2 is 2.31 bits per heavy atom. The van der Waals surface area contributed by atoms with E-state index in [0.29, 0.717) is 5.56 Å². The van der Waals surface area contributed by atoms with E-state index in [2.05, 4.69) is 10.3 Å². The van der Waals surface area contributed by atoms with E-state index in [1.807, 2.05) is 13.2 Å². The molecule has 88 valence electrons. The van der Waals surface area contributed by atoms with E-state index in [9.17, 15) is 4.79 Å². The molecule has 0 aromatic carbocycles. The van der Waals surface area contributed by atoms with Gasteiger partial charge in [-0.25, -0.2) is 4.98 Å². The molecule has 0 bridgehead atoms. The van der Waals surface area contributed by atoms with Crippen LogP contribution in [0, 0.1) is 0 Å². The van der Waals surface area contributed by atoms with Gasteiger partial charge in [-0.2, -0.15) is 11.8 Å². The summed E-state index contributed by atoms with van der Waals surface area (Å²) >= 11 is 13.1. The van der Waals surface area contributed by atoms with Crippen LogP contribution in [0.1, 0.15) is 17.3 Å². The lowest BCUT2D eigenvalue weighted by atomic mass is 10.2. The second-order valence-corrected chi connectivity index (χ2v) is 5.00. The Hall–Kier alpha value is -0.450. The normalized spacial score (nSPS) is 12.2. The maximum atomic E-state index is 11.7. The first-order valence-electron chi connectivity index (χ1n) is 4.65. The van der Waals surface area contributed by atoms with Crippen molar-refractivity contribution in [3.05, 3.63) is 28.0 Å². The second-order valence-electron chi connectivity index (χ2n) is 3.33. The molecule has 1 aromatic heterocycles. The summed E-state index contributed by atoms with van der Waals surface area (Å²) in [7, 11) is 0. The number of hydrogen-bond donors (Lipinski definition) is 1. The SMILES string of the molecule is CSCC(C)NC(=O)c1cnc(Cl)c(Cl)c1. The van der Waals surface area contributed by atoms with E-state index in [4.69, 9.17) is 23.2 Å². The van der Waals surface area contributed by atoms with Crippen LogP contribution >= 0.6 is 35.0 Å². The Bertz CT molecular complexity index is 387. The molecule has 1 atom stereocenters. The number of halogens is 2. The summed E-state index contributed by atoms with van der Waals surface area (Å²) in [5.41, 5.74) is 0.419. The van der Waals surface area contributed by atoms with Gasteiger partial charge in [0.15, 0.2) is 0 Å². The smallest absolute Gasteiger partial charge is 0.253 e. The molecule has 0 saturated heterocycles. The van der Waals surface area contributed by atoms with Gasteiger partial charge in [0.25, 0.3) is 5.91 Å². The molecule has 0 fully saturated rings. The van der Waals surface area contributed by atoms with Gasteiger partial charge in [-0.15, -0.1) is 0 Å². The predicted molar refractivity (Wildman–Crippen MR) is 69.6 cm³/mol. The number of rotatable bonds is 4. The fraction of sp³-hybridized carbons (Fsp3) is 0.400. The molecule has 1 amide bonds. The molecule has 1 aromatic rings. The zero-order chi connectivity index (χ0) is 12.1. The molecule has 0 spiro atoms.